The summed E-state index contributed by atoms with van der Waals surface area (Å²) < 4.78 is 6.66. The molecule has 0 bridgehead atoms. The summed E-state index contributed by atoms with van der Waals surface area (Å²) in [6.07, 6.45) is 0.897. The van der Waals surface area contributed by atoms with E-state index in [4.69, 9.17) is 16.0 Å². The third kappa shape index (κ3) is 3.00. The topological polar surface area (TPSA) is 38.9 Å². The molecule has 2 aromatic rings. The first-order valence-electron chi connectivity index (χ1n) is 5.04. The minimum absolute atomic E-state index is 0.0978. The molecule has 0 spiro atoms. The number of hydrogen-bond donors (Lipinski definition) is 0. The summed E-state index contributed by atoms with van der Waals surface area (Å²) in [5.74, 6) is 1.10. The van der Waals surface area contributed by atoms with Crippen LogP contribution in [0.5, 0.6) is 0 Å². The molecule has 1 aromatic heterocycles. The summed E-state index contributed by atoms with van der Waals surface area (Å²) >= 11 is 11.7. The third-order valence-corrected chi connectivity index (χ3v) is 4.44. The van der Waals surface area contributed by atoms with Gasteiger partial charge >= 0.3 is 0 Å². The van der Waals surface area contributed by atoms with Crippen molar-refractivity contribution in [3.63, 3.8) is 0 Å². The van der Waals surface area contributed by atoms with Crippen molar-refractivity contribution in [3.8, 4) is 11.5 Å². The fourth-order valence-electron chi connectivity index (χ4n) is 1.31. The molecule has 0 aliphatic heterocycles. The van der Waals surface area contributed by atoms with Crippen LogP contribution in [0.1, 0.15) is 24.1 Å². The highest BCUT2D eigenvalue weighted by Gasteiger charge is 2.16. The molecule has 1 heterocycles. The first-order chi connectivity index (χ1) is 8.11. The molecule has 0 aliphatic carbocycles. The van der Waals surface area contributed by atoms with E-state index in [1.807, 2.05) is 25.1 Å². The second kappa shape index (κ2) is 5.67. The minimum Gasteiger partial charge on any atom is -0.419 e. The second-order valence-corrected chi connectivity index (χ2v) is 6.15. The molecule has 17 heavy (non-hydrogen) atoms. The lowest BCUT2D eigenvalue weighted by molar-refractivity contribution is 0.500. The van der Waals surface area contributed by atoms with Gasteiger partial charge in [0.2, 0.25) is 11.8 Å². The number of aromatic nitrogens is 2. The Morgan fingerprint density at radius 1 is 1.47 bits per heavy atom. The quantitative estimate of drug-likeness (QED) is 0.520. The molecular formula is C11H9BrClIN2O. The van der Waals surface area contributed by atoms with Gasteiger partial charge in [0.25, 0.3) is 0 Å². The monoisotopic (exact) mass is 426 g/mol. The van der Waals surface area contributed by atoms with Crippen LogP contribution in [0.3, 0.4) is 0 Å². The fourth-order valence-corrected chi connectivity index (χ4v) is 2.23. The normalized spacial score (nSPS) is 12.7. The molecule has 0 N–H and O–H groups in total. The van der Waals surface area contributed by atoms with Gasteiger partial charge in [0.15, 0.2) is 0 Å². The van der Waals surface area contributed by atoms with Crippen LogP contribution < -0.4 is 0 Å². The number of halogens is 3. The van der Waals surface area contributed by atoms with Crippen molar-refractivity contribution >= 4 is 50.1 Å². The van der Waals surface area contributed by atoms with E-state index in [0.717, 1.165) is 15.6 Å². The van der Waals surface area contributed by atoms with Crippen molar-refractivity contribution < 1.29 is 4.42 Å². The predicted molar refractivity (Wildman–Crippen MR) is 79.4 cm³/mol. The van der Waals surface area contributed by atoms with Gasteiger partial charge in [-0.15, -0.1) is 10.2 Å². The summed E-state index contributed by atoms with van der Waals surface area (Å²) in [5, 5.41) is 8.73. The Morgan fingerprint density at radius 3 is 2.94 bits per heavy atom. The summed E-state index contributed by atoms with van der Waals surface area (Å²) in [5.41, 5.74) is 0.868. The van der Waals surface area contributed by atoms with Gasteiger partial charge in [-0.25, -0.2) is 0 Å². The molecule has 1 unspecified atom stereocenters. The Bertz CT molecular complexity index is 532. The lowest BCUT2D eigenvalue weighted by atomic mass is 10.2. The molecule has 1 atom stereocenters. The molecule has 90 valence electrons. The molecule has 0 radical (unpaired) electrons. The predicted octanol–water partition coefficient (Wildman–Crippen LogP) is 4.84. The Balaban J connectivity index is 2.40. The van der Waals surface area contributed by atoms with Gasteiger partial charge in [-0.1, -0.05) is 34.5 Å². The Hall–Kier alpha value is -0.140. The smallest absolute Gasteiger partial charge is 0.248 e. The average Bonchev–Trinajstić information content (AvgIpc) is 2.80. The van der Waals surface area contributed by atoms with Crippen molar-refractivity contribution in [2.75, 3.05) is 0 Å². The highest BCUT2D eigenvalue weighted by Crippen LogP contribution is 2.31. The highest BCUT2D eigenvalue weighted by molar-refractivity contribution is 14.1. The van der Waals surface area contributed by atoms with E-state index < -0.39 is 0 Å². The van der Waals surface area contributed by atoms with E-state index in [9.17, 15) is 0 Å². The van der Waals surface area contributed by atoms with Crippen LogP contribution >= 0.6 is 50.1 Å². The molecule has 6 heteroatoms. The largest absolute Gasteiger partial charge is 0.419 e. The Labute approximate surface area is 126 Å². The second-order valence-electron chi connectivity index (χ2n) is 3.45. The summed E-state index contributed by atoms with van der Waals surface area (Å²) in [6.45, 7) is 2.05. The lowest BCUT2D eigenvalue weighted by Crippen LogP contribution is -1.86. The van der Waals surface area contributed by atoms with E-state index in [1.54, 1.807) is 0 Å². The molecule has 0 saturated carbocycles. The Kier molecular flexibility index (Phi) is 4.43. The molecule has 2 rings (SSSR count). The molecule has 0 fully saturated rings. The number of hydrogen-bond acceptors (Lipinski definition) is 3. The van der Waals surface area contributed by atoms with Crippen molar-refractivity contribution in [2.24, 2.45) is 0 Å². The Morgan fingerprint density at radius 2 is 2.24 bits per heavy atom. The number of rotatable bonds is 3. The first kappa shape index (κ1) is 13.3. The van der Waals surface area contributed by atoms with Gasteiger partial charge in [-0.3, -0.25) is 0 Å². The van der Waals surface area contributed by atoms with Crippen LogP contribution in [0, 0.1) is 3.57 Å². The van der Waals surface area contributed by atoms with Crippen LogP contribution in [0.2, 0.25) is 5.02 Å². The third-order valence-electron chi connectivity index (χ3n) is 2.23. The van der Waals surface area contributed by atoms with Crippen LogP contribution in [0.15, 0.2) is 22.6 Å². The zero-order valence-electron chi connectivity index (χ0n) is 8.95. The van der Waals surface area contributed by atoms with E-state index >= 15 is 0 Å². The van der Waals surface area contributed by atoms with E-state index in [0.29, 0.717) is 16.8 Å². The van der Waals surface area contributed by atoms with E-state index in [-0.39, 0.29) is 4.83 Å². The fraction of sp³-hybridized carbons (Fsp3) is 0.273. The van der Waals surface area contributed by atoms with Crippen LogP contribution in [0.25, 0.3) is 11.5 Å². The summed E-state index contributed by atoms with van der Waals surface area (Å²) in [7, 11) is 0. The summed E-state index contributed by atoms with van der Waals surface area (Å²) in [4.78, 5) is 0.0978. The van der Waals surface area contributed by atoms with Gasteiger partial charge < -0.3 is 4.42 Å². The van der Waals surface area contributed by atoms with E-state index in [1.165, 1.54) is 0 Å². The SMILES string of the molecule is CCC(Br)c1nnc(-c2cc(Cl)ccc2I)o1. The molecule has 3 nitrogen and oxygen atoms in total. The van der Waals surface area contributed by atoms with Gasteiger partial charge in [0.1, 0.15) is 0 Å². The lowest BCUT2D eigenvalue weighted by Gasteiger charge is -2.00. The maximum atomic E-state index is 5.96. The molecule has 1 aromatic carbocycles. The van der Waals surface area contributed by atoms with Gasteiger partial charge in [-0.05, 0) is 47.2 Å². The maximum Gasteiger partial charge on any atom is 0.248 e. The van der Waals surface area contributed by atoms with Crippen molar-refractivity contribution in [2.45, 2.75) is 18.2 Å². The number of benzene rings is 1. The molecular weight excluding hydrogens is 418 g/mol. The van der Waals surface area contributed by atoms with Crippen LogP contribution in [-0.2, 0) is 0 Å². The summed E-state index contributed by atoms with van der Waals surface area (Å²) in [6, 6.07) is 5.59. The van der Waals surface area contributed by atoms with Crippen LogP contribution in [-0.4, -0.2) is 10.2 Å². The standard InChI is InChI=1S/C11H9BrClIN2O/c1-2-8(12)11-16-15-10(17-11)7-5-6(13)3-4-9(7)14/h3-5,8H,2H2,1H3. The molecule has 0 amide bonds. The van der Waals surface area contributed by atoms with E-state index in [2.05, 4.69) is 48.7 Å². The molecule has 0 saturated heterocycles. The van der Waals surface area contributed by atoms with Gasteiger partial charge in [0.05, 0.1) is 10.4 Å². The van der Waals surface area contributed by atoms with Crippen molar-refractivity contribution in [1.29, 1.82) is 0 Å². The maximum absolute atomic E-state index is 5.96. The van der Waals surface area contributed by atoms with Gasteiger partial charge in [0, 0.05) is 8.59 Å². The number of nitrogens with zero attached hydrogens (tertiary/aromatic N) is 2. The highest BCUT2D eigenvalue weighted by atomic mass is 127. The zero-order valence-corrected chi connectivity index (χ0v) is 13.5. The van der Waals surface area contributed by atoms with Crippen LogP contribution in [0.4, 0.5) is 0 Å². The first-order valence-corrected chi connectivity index (χ1v) is 7.42. The van der Waals surface area contributed by atoms with Gasteiger partial charge in [-0.2, -0.15) is 0 Å². The minimum atomic E-state index is 0.0978. The molecule has 0 aliphatic rings. The van der Waals surface area contributed by atoms with Crippen molar-refractivity contribution in [1.82, 2.24) is 10.2 Å². The number of alkyl halides is 1. The zero-order chi connectivity index (χ0) is 12.4. The average molecular weight is 427 g/mol. The van der Waals surface area contributed by atoms with Crippen molar-refractivity contribution in [3.05, 3.63) is 32.7 Å².